The van der Waals surface area contributed by atoms with Gasteiger partial charge in [-0.3, -0.25) is 10.1 Å². The van der Waals surface area contributed by atoms with Gasteiger partial charge in [0.15, 0.2) is 0 Å². The summed E-state index contributed by atoms with van der Waals surface area (Å²) in [6.45, 7) is 4.18. The number of amides is 1. The van der Waals surface area contributed by atoms with Crippen molar-refractivity contribution in [2.75, 3.05) is 0 Å². The second-order valence-electron chi connectivity index (χ2n) is 4.64. The molecule has 3 heteroatoms. The summed E-state index contributed by atoms with van der Waals surface area (Å²) < 4.78 is 0. The van der Waals surface area contributed by atoms with Crippen LogP contribution in [0.4, 0.5) is 0 Å². The zero-order valence-corrected chi connectivity index (χ0v) is 8.39. The Morgan fingerprint density at radius 1 is 1.38 bits per heavy atom. The summed E-state index contributed by atoms with van der Waals surface area (Å²) in [5, 5.41) is 6.57. The summed E-state index contributed by atoms with van der Waals surface area (Å²) >= 11 is 0. The second-order valence-corrected chi connectivity index (χ2v) is 4.64. The molecule has 1 heterocycles. The van der Waals surface area contributed by atoms with Crippen LogP contribution >= 0.6 is 0 Å². The van der Waals surface area contributed by atoms with E-state index in [1.165, 1.54) is 12.8 Å². The van der Waals surface area contributed by atoms with Crippen molar-refractivity contribution in [3.05, 3.63) is 0 Å². The molecular formula is C10H18N2O. The van der Waals surface area contributed by atoms with E-state index in [4.69, 9.17) is 0 Å². The largest absolute Gasteiger partial charge is 0.337 e. The highest BCUT2D eigenvalue weighted by atomic mass is 16.2. The zero-order valence-electron chi connectivity index (χ0n) is 8.39. The van der Waals surface area contributed by atoms with E-state index in [0.717, 1.165) is 12.8 Å². The maximum absolute atomic E-state index is 11.6. The minimum Gasteiger partial charge on any atom is -0.337 e. The van der Waals surface area contributed by atoms with Crippen molar-refractivity contribution in [3.8, 4) is 0 Å². The van der Waals surface area contributed by atoms with Gasteiger partial charge in [-0.05, 0) is 31.6 Å². The average molecular weight is 182 g/mol. The van der Waals surface area contributed by atoms with Gasteiger partial charge in [-0.1, -0.05) is 13.8 Å². The van der Waals surface area contributed by atoms with E-state index in [-0.39, 0.29) is 17.6 Å². The van der Waals surface area contributed by atoms with Crippen LogP contribution in [0, 0.1) is 5.92 Å². The molecule has 1 unspecified atom stereocenters. The molecular weight excluding hydrogens is 164 g/mol. The van der Waals surface area contributed by atoms with Crippen LogP contribution in [0.2, 0.25) is 0 Å². The molecule has 13 heavy (non-hydrogen) atoms. The van der Waals surface area contributed by atoms with Gasteiger partial charge in [-0.15, -0.1) is 0 Å². The minimum atomic E-state index is -0.0357. The van der Waals surface area contributed by atoms with Crippen molar-refractivity contribution in [3.63, 3.8) is 0 Å². The fraction of sp³-hybridized carbons (Fsp3) is 0.900. The Bertz CT molecular complexity index is 219. The molecule has 3 nitrogen and oxygen atoms in total. The van der Waals surface area contributed by atoms with Crippen LogP contribution < -0.4 is 10.6 Å². The topological polar surface area (TPSA) is 41.1 Å². The first-order valence-electron chi connectivity index (χ1n) is 5.23. The highest BCUT2D eigenvalue weighted by Crippen LogP contribution is 2.31. The van der Waals surface area contributed by atoms with Crippen molar-refractivity contribution in [2.24, 2.45) is 5.92 Å². The maximum Gasteiger partial charge on any atom is 0.238 e. The molecule has 2 aliphatic rings. The molecule has 1 saturated heterocycles. The zero-order chi connectivity index (χ0) is 9.47. The number of carbonyl (C=O) groups is 1. The molecule has 0 aromatic carbocycles. The molecule has 1 aliphatic heterocycles. The van der Waals surface area contributed by atoms with Gasteiger partial charge in [0.05, 0.1) is 11.7 Å². The maximum atomic E-state index is 11.6. The van der Waals surface area contributed by atoms with Gasteiger partial charge < -0.3 is 5.32 Å². The van der Waals surface area contributed by atoms with Crippen LogP contribution in [0.15, 0.2) is 0 Å². The molecule has 0 aromatic heterocycles. The Kier molecular flexibility index (Phi) is 2.06. The van der Waals surface area contributed by atoms with Crippen LogP contribution in [0.3, 0.4) is 0 Å². The van der Waals surface area contributed by atoms with Gasteiger partial charge in [0.25, 0.3) is 0 Å². The van der Waals surface area contributed by atoms with Crippen LogP contribution in [0.25, 0.3) is 0 Å². The molecule has 0 aromatic rings. The lowest BCUT2D eigenvalue weighted by atomic mass is 10.0. The summed E-state index contributed by atoms with van der Waals surface area (Å²) in [6, 6.07) is 0.0260. The molecule has 1 amide bonds. The molecule has 2 N–H and O–H groups in total. The number of hydrogen-bond donors (Lipinski definition) is 2. The van der Waals surface area contributed by atoms with Gasteiger partial charge in [0.2, 0.25) is 5.91 Å². The van der Waals surface area contributed by atoms with E-state index in [9.17, 15) is 4.79 Å². The minimum absolute atomic E-state index is 0.0260. The van der Waals surface area contributed by atoms with Crippen LogP contribution in [-0.2, 0) is 4.79 Å². The summed E-state index contributed by atoms with van der Waals surface area (Å²) in [5.74, 6) is 0.580. The lowest BCUT2D eigenvalue weighted by Crippen LogP contribution is -2.48. The summed E-state index contributed by atoms with van der Waals surface area (Å²) in [4.78, 5) is 11.6. The fourth-order valence-electron chi connectivity index (χ4n) is 2.43. The Morgan fingerprint density at radius 2 is 2.00 bits per heavy atom. The van der Waals surface area contributed by atoms with Gasteiger partial charge in [0.1, 0.15) is 0 Å². The smallest absolute Gasteiger partial charge is 0.238 e. The van der Waals surface area contributed by atoms with E-state index in [2.05, 4.69) is 24.5 Å². The average Bonchev–Trinajstić information content (AvgIpc) is 2.60. The second kappa shape index (κ2) is 2.98. The lowest BCUT2D eigenvalue weighted by Gasteiger charge is -2.24. The van der Waals surface area contributed by atoms with Crippen molar-refractivity contribution >= 4 is 5.91 Å². The normalized spacial score (nSPS) is 31.6. The van der Waals surface area contributed by atoms with Gasteiger partial charge in [-0.2, -0.15) is 0 Å². The molecule has 1 atom stereocenters. The predicted molar refractivity (Wildman–Crippen MR) is 51.1 cm³/mol. The van der Waals surface area contributed by atoms with Gasteiger partial charge in [-0.25, -0.2) is 0 Å². The number of hydrogen-bond acceptors (Lipinski definition) is 2. The molecule has 2 rings (SSSR count). The molecule has 2 fully saturated rings. The monoisotopic (exact) mass is 182 g/mol. The molecule has 0 bridgehead atoms. The molecule has 1 saturated carbocycles. The molecule has 74 valence electrons. The number of carbonyl (C=O) groups excluding carboxylic acids is 1. The van der Waals surface area contributed by atoms with Crippen molar-refractivity contribution < 1.29 is 4.79 Å². The number of nitrogens with one attached hydrogen (secondary N) is 2. The first-order chi connectivity index (χ1) is 6.13. The standard InChI is InChI=1S/C10H18N2O/c1-7(2)8-9(13)12-10(11-8)5-3-4-6-10/h7-8,11H,3-6H2,1-2H3,(H,12,13). The molecule has 1 spiro atoms. The van der Waals surface area contributed by atoms with Crippen LogP contribution in [0.1, 0.15) is 39.5 Å². The van der Waals surface area contributed by atoms with E-state index < -0.39 is 0 Å². The Balaban J connectivity index is 2.09. The quantitative estimate of drug-likeness (QED) is 0.635. The van der Waals surface area contributed by atoms with E-state index in [1.807, 2.05) is 0 Å². The van der Waals surface area contributed by atoms with Crippen molar-refractivity contribution in [1.82, 2.24) is 10.6 Å². The van der Waals surface area contributed by atoms with Crippen molar-refractivity contribution in [1.29, 1.82) is 0 Å². The summed E-state index contributed by atoms with van der Waals surface area (Å²) in [6.07, 6.45) is 4.67. The summed E-state index contributed by atoms with van der Waals surface area (Å²) in [7, 11) is 0. The third-order valence-electron chi connectivity index (χ3n) is 3.20. The SMILES string of the molecule is CC(C)C1NC2(CCCC2)NC1=O. The van der Waals surface area contributed by atoms with Crippen LogP contribution in [0.5, 0.6) is 0 Å². The lowest BCUT2D eigenvalue weighted by molar-refractivity contribution is -0.121. The Hall–Kier alpha value is -0.570. The van der Waals surface area contributed by atoms with Gasteiger partial charge in [0, 0.05) is 0 Å². The predicted octanol–water partition coefficient (Wildman–Crippen LogP) is 1.00. The van der Waals surface area contributed by atoms with Crippen molar-refractivity contribution in [2.45, 2.75) is 51.2 Å². The number of rotatable bonds is 1. The molecule has 1 aliphatic carbocycles. The Morgan fingerprint density at radius 3 is 2.46 bits per heavy atom. The Labute approximate surface area is 79.3 Å². The third kappa shape index (κ3) is 1.46. The highest BCUT2D eigenvalue weighted by molar-refractivity contribution is 5.85. The fourth-order valence-corrected chi connectivity index (χ4v) is 2.43. The third-order valence-corrected chi connectivity index (χ3v) is 3.20. The molecule has 0 radical (unpaired) electrons. The van der Waals surface area contributed by atoms with E-state index in [1.54, 1.807) is 0 Å². The first-order valence-corrected chi connectivity index (χ1v) is 5.23. The summed E-state index contributed by atoms with van der Waals surface area (Å²) in [5.41, 5.74) is -0.0357. The first kappa shape index (κ1) is 9.00. The van der Waals surface area contributed by atoms with E-state index in [0.29, 0.717) is 5.92 Å². The van der Waals surface area contributed by atoms with E-state index >= 15 is 0 Å². The van der Waals surface area contributed by atoms with Crippen LogP contribution in [-0.4, -0.2) is 17.6 Å². The highest BCUT2D eigenvalue weighted by Gasteiger charge is 2.45. The van der Waals surface area contributed by atoms with Gasteiger partial charge >= 0.3 is 0 Å².